The predicted octanol–water partition coefficient (Wildman–Crippen LogP) is 1.22. The molecule has 0 spiro atoms. The molecule has 1 aromatic carbocycles. The average molecular weight is 297 g/mol. The number of hydrogen-bond donors (Lipinski definition) is 2. The molecule has 1 aliphatic heterocycles. The van der Waals surface area contributed by atoms with E-state index >= 15 is 0 Å². The van der Waals surface area contributed by atoms with Crippen molar-refractivity contribution in [3.63, 3.8) is 0 Å². The predicted molar refractivity (Wildman–Crippen MR) is 68.5 cm³/mol. The molecule has 1 unspecified atom stereocenters. The van der Waals surface area contributed by atoms with Crippen LogP contribution in [0.3, 0.4) is 0 Å². The second kappa shape index (κ2) is 5.73. The SMILES string of the molecule is O=C(O)NC1CCN(C(=O)c2ccc([N+](=O)[O-])c(F)c2)C1. The zero-order valence-corrected chi connectivity index (χ0v) is 10.8. The van der Waals surface area contributed by atoms with Crippen LogP contribution < -0.4 is 5.32 Å². The molecule has 1 fully saturated rings. The summed E-state index contributed by atoms with van der Waals surface area (Å²) in [5.74, 6) is -1.57. The number of likely N-dealkylation sites (tertiary alicyclic amines) is 1. The van der Waals surface area contributed by atoms with Gasteiger partial charge in [0.1, 0.15) is 0 Å². The Labute approximate surface area is 118 Å². The third kappa shape index (κ3) is 3.25. The van der Waals surface area contributed by atoms with Gasteiger partial charge >= 0.3 is 11.8 Å². The number of halogens is 1. The van der Waals surface area contributed by atoms with Crippen LogP contribution in [0.25, 0.3) is 0 Å². The number of carbonyl (C=O) groups is 2. The third-order valence-corrected chi connectivity index (χ3v) is 3.19. The summed E-state index contributed by atoms with van der Waals surface area (Å²) in [6.45, 7) is 0.520. The first-order chi connectivity index (χ1) is 9.88. The van der Waals surface area contributed by atoms with Gasteiger partial charge in [-0.2, -0.15) is 4.39 Å². The van der Waals surface area contributed by atoms with Crippen molar-refractivity contribution in [3.8, 4) is 0 Å². The number of carboxylic acid groups (broad SMARTS) is 1. The van der Waals surface area contributed by atoms with E-state index in [0.29, 0.717) is 13.0 Å². The number of nitrogens with zero attached hydrogens (tertiary/aromatic N) is 2. The summed E-state index contributed by atoms with van der Waals surface area (Å²) in [7, 11) is 0. The van der Waals surface area contributed by atoms with E-state index in [4.69, 9.17) is 5.11 Å². The van der Waals surface area contributed by atoms with Gasteiger partial charge in [-0.05, 0) is 18.6 Å². The van der Waals surface area contributed by atoms with Crippen molar-refractivity contribution < 1.29 is 24.0 Å². The Morgan fingerprint density at radius 3 is 2.76 bits per heavy atom. The minimum absolute atomic E-state index is 0.00549. The third-order valence-electron chi connectivity index (χ3n) is 3.19. The van der Waals surface area contributed by atoms with Crippen LogP contribution in [0, 0.1) is 15.9 Å². The summed E-state index contributed by atoms with van der Waals surface area (Å²) in [5, 5.41) is 21.4. The first kappa shape index (κ1) is 14.7. The second-order valence-electron chi connectivity index (χ2n) is 4.61. The lowest BCUT2D eigenvalue weighted by Gasteiger charge is -2.16. The van der Waals surface area contributed by atoms with E-state index in [2.05, 4.69) is 5.32 Å². The van der Waals surface area contributed by atoms with Gasteiger partial charge in [0.25, 0.3) is 5.91 Å². The monoisotopic (exact) mass is 297 g/mol. The van der Waals surface area contributed by atoms with Crippen LogP contribution in [0.5, 0.6) is 0 Å². The summed E-state index contributed by atoms with van der Waals surface area (Å²) in [5.41, 5.74) is -0.701. The van der Waals surface area contributed by atoms with Crippen molar-refractivity contribution in [1.29, 1.82) is 0 Å². The lowest BCUT2D eigenvalue weighted by Crippen LogP contribution is -2.37. The van der Waals surface area contributed by atoms with Crippen molar-refractivity contribution in [2.45, 2.75) is 12.5 Å². The zero-order valence-electron chi connectivity index (χ0n) is 10.8. The molecule has 9 heteroatoms. The highest BCUT2D eigenvalue weighted by Gasteiger charge is 2.28. The van der Waals surface area contributed by atoms with Crippen molar-refractivity contribution in [2.75, 3.05) is 13.1 Å². The Morgan fingerprint density at radius 2 is 2.19 bits per heavy atom. The first-order valence-electron chi connectivity index (χ1n) is 6.11. The molecule has 0 saturated carbocycles. The maximum absolute atomic E-state index is 13.5. The summed E-state index contributed by atoms with van der Waals surface area (Å²) in [4.78, 5) is 33.7. The van der Waals surface area contributed by atoms with E-state index in [1.54, 1.807) is 0 Å². The highest BCUT2D eigenvalue weighted by molar-refractivity contribution is 5.94. The van der Waals surface area contributed by atoms with Crippen LogP contribution in [0.15, 0.2) is 18.2 Å². The average Bonchev–Trinajstić information content (AvgIpc) is 2.84. The molecule has 1 heterocycles. The molecule has 1 aromatic rings. The molecule has 2 rings (SSSR count). The minimum Gasteiger partial charge on any atom is -0.465 e. The molecule has 8 nitrogen and oxygen atoms in total. The maximum Gasteiger partial charge on any atom is 0.404 e. The van der Waals surface area contributed by atoms with E-state index in [-0.39, 0.29) is 18.2 Å². The number of rotatable bonds is 3. The lowest BCUT2D eigenvalue weighted by molar-refractivity contribution is -0.387. The molecular weight excluding hydrogens is 285 g/mol. The minimum atomic E-state index is -1.17. The molecule has 1 saturated heterocycles. The lowest BCUT2D eigenvalue weighted by atomic mass is 10.1. The van der Waals surface area contributed by atoms with Gasteiger partial charge in [-0.15, -0.1) is 0 Å². The van der Waals surface area contributed by atoms with Gasteiger partial charge in [0.2, 0.25) is 5.82 Å². The fourth-order valence-electron chi connectivity index (χ4n) is 2.21. The normalized spacial score (nSPS) is 17.6. The van der Waals surface area contributed by atoms with Crippen molar-refractivity contribution in [1.82, 2.24) is 10.2 Å². The van der Waals surface area contributed by atoms with Crippen molar-refractivity contribution >= 4 is 17.7 Å². The van der Waals surface area contributed by atoms with E-state index in [0.717, 1.165) is 12.1 Å². The molecule has 0 aliphatic carbocycles. The standard InChI is InChI=1S/C12H12FN3O5/c13-9-5-7(1-2-10(9)16(20)21)11(17)15-4-3-8(6-15)14-12(18)19/h1-2,5,8,14H,3-4,6H2,(H,18,19). The molecule has 0 bridgehead atoms. The molecule has 0 radical (unpaired) electrons. The summed E-state index contributed by atoms with van der Waals surface area (Å²) < 4.78 is 13.5. The summed E-state index contributed by atoms with van der Waals surface area (Å²) >= 11 is 0. The fraction of sp³-hybridized carbons (Fsp3) is 0.333. The van der Waals surface area contributed by atoms with E-state index < -0.39 is 28.4 Å². The molecule has 112 valence electrons. The van der Waals surface area contributed by atoms with Crippen LogP contribution in [-0.2, 0) is 0 Å². The van der Waals surface area contributed by atoms with Gasteiger partial charge < -0.3 is 15.3 Å². The highest BCUT2D eigenvalue weighted by Crippen LogP contribution is 2.20. The van der Waals surface area contributed by atoms with Gasteiger partial charge in [-0.25, -0.2) is 4.79 Å². The van der Waals surface area contributed by atoms with Crippen LogP contribution in [0.2, 0.25) is 0 Å². The Morgan fingerprint density at radius 1 is 1.48 bits per heavy atom. The molecule has 2 N–H and O–H groups in total. The largest absolute Gasteiger partial charge is 0.465 e. The smallest absolute Gasteiger partial charge is 0.404 e. The van der Waals surface area contributed by atoms with Gasteiger partial charge in [-0.3, -0.25) is 14.9 Å². The summed E-state index contributed by atoms with van der Waals surface area (Å²) in [6.07, 6.45) is -0.705. The van der Waals surface area contributed by atoms with Crippen molar-refractivity contribution in [3.05, 3.63) is 39.7 Å². The number of carbonyl (C=O) groups excluding carboxylic acids is 1. The van der Waals surface area contributed by atoms with Gasteiger partial charge in [-0.1, -0.05) is 0 Å². The molecule has 21 heavy (non-hydrogen) atoms. The van der Waals surface area contributed by atoms with Crippen LogP contribution in [-0.4, -0.2) is 46.1 Å². The zero-order chi connectivity index (χ0) is 15.6. The molecule has 0 aromatic heterocycles. The fourth-order valence-corrected chi connectivity index (χ4v) is 2.21. The number of hydrogen-bond acceptors (Lipinski definition) is 4. The van der Waals surface area contributed by atoms with Crippen LogP contribution >= 0.6 is 0 Å². The topological polar surface area (TPSA) is 113 Å². The number of amides is 2. The number of benzene rings is 1. The molecular formula is C12H12FN3O5. The number of nitro benzene ring substituents is 1. The van der Waals surface area contributed by atoms with E-state index in [1.807, 2.05) is 0 Å². The Kier molecular flexibility index (Phi) is 4.01. The second-order valence-corrected chi connectivity index (χ2v) is 4.61. The van der Waals surface area contributed by atoms with Crippen LogP contribution in [0.1, 0.15) is 16.8 Å². The first-order valence-corrected chi connectivity index (χ1v) is 6.11. The summed E-state index contributed by atoms with van der Waals surface area (Å²) in [6, 6.07) is 2.57. The highest BCUT2D eigenvalue weighted by atomic mass is 19.1. The quantitative estimate of drug-likeness (QED) is 0.643. The van der Waals surface area contributed by atoms with Gasteiger partial charge in [0.05, 0.1) is 11.0 Å². The van der Waals surface area contributed by atoms with Gasteiger partial charge in [0, 0.05) is 24.7 Å². The van der Waals surface area contributed by atoms with Gasteiger partial charge in [0.15, 0.2) is 0 Å². The van der Waals surface area contributed by atoms with Crippen LogP contribution in [0.4, 0.5) is 14.9 Å². The molecule has 1 aliphatic rings. The van der Waals surface area contributed by atoms with E-state index in [1.165, 1.54) is 11.0 Å². The molecule has 2 amide bonds. The Bertz CT molecular complexity index is 607. The number of nitro groups is 1. The van der Waals surface area contributed by atoms with Crippen molar-refractivity contribution in [2.24, 2.45) is 0 Å². The Balaban J connectivity index is 2.09. The van der Waals surface area contributed by atoms with E-state index in [9.17, 15) is 24.1 Å². The maximum atomic E-state index is 13.5. The number of nitrogens with one attached hydrogen (secondary N) is 1. The molecule has 1 atom stereocenters. The Hall–Kier alpha value is -2.71.